The van der Waals surface area contributed by atoms with Crippen LogP contribution in [-0.4, -0.2) is 26.7 Å². The molecule has 0 unspecified atom stereocenters. The molecule has 0 radical (unpaired) electrons. The van der Waals surface area contributed by atoms with Gasteiger partial charge < -0.3 is 14.1 Å². The highest BCUT2D eigenvalue weighted by Gasteiger charge is 2.39. The zero-order valence-electron chi connectivity index (χ0n) is 16.8. The first-order chi connectivity index (χ1) is 15.8. The Labute approximate surface area is 182 Å². The Morgan fingerprint density at radius 3 is 2.55 bits per heavy atom. The van der Waals surface area contributed by atoms with Gasteiger partial charge in [0, 0.05) is 0 Å². The quantitative estimate of drug-likeness (QED) is 0.436. The number of ether oxygens (including phenoxy) is 1. The molecule has 5 aromatic rings. The lowest BCUT2D eigenvalue weighted by Crippen LogP contribution is -2.20. The normalized spacial score (nSPS) is 11.7. The van der Waals surface area contributed by atoms with Gasteiger partial charge in [0.25, 0.3) is 5.56 Å². The van der Waals surface area contributed by atoms with Crippen LogP contribution in [0.4, 0.5) is 13.2 Å². The lowest BCUT2D eigenvalue weighted by Gasteiger charge is -2.06. The number of nitriles is 1. The smallest absolute Gasteiger partial charge is 0.435 e. The SMILES string of the molecule is COc1cccc2oc(-c3c(C#N)[nH]c4c(-c5ccccc5)c(C(F)(F)F)nn4c3=O)nc12. The van der Waals surface area contributed by atoms with Gasteiger partial charge in [0.05, 0.1) is 12.7 Å². The molecule has 2 aromatic carbocycles. The first kappa shape index (κ1) is 20.3. The molecule has 0 saturated heterocycles. The van der Waals surface area contributed by atoms with Crippen LogP contribution >= 0.6 is 0 Å². The molecule has 0 aliphatic heterocycles. The van der Waals surface area contributed by atoms with Crippen LogP contribution in [0.1, 0.15) is 11.4 Å². The summed E-state index contributed by atoms with van der Waals surface area (Å²) in [5.41, 5.74) is -2.79. The summed E-state index contributed by atoms with van der Waals surface area (Å²) in [4.78, 5) is 20.2. The number of alkyl halides is 3. The monoisotopic (exact) mass is 451 g/mol. The number of hydrogen-bond acceptors (Lipinski definition) is 6. The van der Waals surface area contributed by atoms with Crippen molar-refractivity contribution >= 4 is 16.7 Å². The van der Waals surface area contributed by atoms with Gasteiger partial charge in [0.2, 0.25) is 5.89 Å². The minimum absolute atomic E-state index is 0.179. The van der Waals surface area contributed by atoms with Crippen LogP contribution < -0.4 is 10.3 Å². The summed E-state index contributed by atoms with van der Waals surface area (Å²) in [5.74, 6) is 0.114. The molecule has 33 heavy (non-hydrogen) atoms. The van der Waals surface area contributed by atoms with Crippen molar-refractivity contribution in [2.24, 2.45) is 0 Å². The van der Waals surface area contributed by atoms with Crippen LogP contribution in [0.3, 0.4) is 0 Å². The van der Waals surface area contributed by atoms with Gasteiger partial charge in [-0.15, -0.1) is 0 Å². The number of rotatable bonds is 3. The number of benzene rings is 2. The number of nitrogens with zero attached hydrogens (tertiary/aromatic N) is 4. The van der Waals surface area contributed by atoms with Crippen LogP contribution in [0.2, 0.25) is 0 Å². The molecular weight excluding hydrogens is 439 g/mol. The fourth-order valence-corrected chi connectivity index (χ4v) is 3.63. The molecular formula is C22H12F3N5O3. The molecule has 11 heteroatoms. The number of aromatic amines is 1. The summed E-state index contributed by atoms with van der Waals surface area (Å²) in [5, 5.41) is 13.3. The third kappa shape index (κ3) is 3.11. The average Bonchev–Trinajstić information content (AvgIpc) is 3.41. The molecule has 1 N–H and O–H groups in total. The molecule has 0 fully saturated rings. The summed E-state index contributed by atoms with van der Waals surface area (Å²) >= 11 is 0. The lowest BCUT2D eigenvalue weighted by atomic mass is 10.1. The second-order valence-electron chi connectivity index (χ2n) is 6.97. The van der Waals surface area contributed by atoms with Crippen LogP contribution in [0.5, 0.6) is 5.75 Å². The Kier molecular flexibility index (Phi) is 4.45. The summed E-state index contributed by atoms with van der Waals surface area (Å²) in [7, 11) is 1.43. The van der Waals surface area contributed by atoms with Gasteiger partial charge in [0.1, 0.15) is 28.7 Å². The maximum atomic E-state index is 13.8. The standard InChI is InChI=1S/C22H12F3N5O3/c1-32-13-8-5-9-14-17(13)28-20(33-14)16-12(10-26)27-19-15(11-6-3-2-4-7-11)18(22(23,24)25)29-30(19)21(16)31/h2-9,27H,1H3. The number of hydrogen-bond donors (Lipinski definition) is 1. The molecule has 8 nitrogen and oxygen atoms in total. The van der Waals surface area contributed by atoms with Crippen molar-refractivity contribution in [1.82, 2.24) is 19.6 Å². The maximum Gasteiger partial charge on any atom is 0.435 e. The van der Waals surface area contributed by atoms with E-state index < -0.39 is 17.4 Å². The third-order valence-electron chi connectivity index (χ3n) is 5.04. The van der Waals surface area contributed by atoms with Gasteiger partial charge in [-0.05, 0) is 17.7 Å². The van der Waals surface area contributed by atoms with E-state index in [0.717, 1.165) is 0 Å². The van der Waals surface area contributed by atoms with Crippen molar-refractivity contribution in [1.29, 1.82) is 5.26 Å². The maximum absolute atomic E-state index is 13.8. The zero-order chi connectivity index (χ0) is 23.3. The van der Waals surface area contributed by atoms with E-state index in [-0.39, 0.29) is 39.5 Å². The van der Waals surface area contributed by atoms with E-state index in [1.807, 2.05) is 6.07 Å². The Balaban J connectivity index is 1.86. The van der Waals surface area contributed by atoms with E-state index in [1.165, 1.54) is 19.2 Å². The molecule has 0 amide bonds. The van der Waals surface area contributed by atoms with E-state index >= 15 is 0 Å². The molecule has 3 heterocycles. The molecule has 0 aliphatic rings. The van der Waals surface area contributed by atoms with Crippen molar-refractivity contribution in [2.75, 3.05) is 7.11 Å². The highest BCUT2D eigenvalue weighted by Crippen LogP contribution is 2.38. The zero-order valence-corrected chi connectivity index (χ0v) is 16.8. The molecule has 0 spiro atoms. The Bertz CT molecular complexity index is 1630. The number of fused-ring (bicyclic) bond motifs is 2. The van der Waals surface area contributed by atoms with Gasteiger partial charge in [-0.25, -0.2) is 4.98 Å². The number of para-hydroxylation sites is 1. The molecule has 0 atom stereocenters. The Morgan fingerprint density at radius 2 is 1.88 bits per heavy atom. The van der Waals surface area contributed by atoms with Gasteiger partial charge in [-0.2, -0.15) is 28.0 Å². The second-order valence-corrected chi connectivity index (χ2v) is 6.97. The van der Waals surface area contributed by atoms with Crippen LogP contribution in [-0.2, 0) is 6.18 Å². The second kappa shape index (κ2) is 7.23. The van der Waals surface area contributed by atoms with Crippen molar-refractivity contribution in [3.05, 3.63) is 70.3 Å². The van der Waals surface area contributed by atoms with Gasteiger partial charge in [-0.1, -0.05) is 36.4 Å². The van der Waals surface area contributed by atoms with E-state index in [9.17, 15) is 23.2 Å². The summed E-state index contributed by atoms with van der Waals surface area (Å²) in [6.45, 7) is 0. The van der Waals surface area contributed by atoms with Crippen molar-refractivity contribution in [3.8, 4) is 34.4 Å². The van der Waals surface area contributed by atoms with Crippen LogP contribution in [0, 0.1) is 11.3 Å². The summed E-state index contributed by atoms with van der Waals surface area (Å²) in [6, 6.07) is 14.3. The van der Waals surface area contributed by atoms with E-state index in [2.05, 4.69) is 15.1 Å². The number of halogens is 3. The predicted molar refractivity (Wildman–Crippen MR) is 111 cm³/mol. The van der Waals surface area contributed by atoms with E-state index in [4.69, 9.17) is 9.15 Å². The largest absolute Gasteiger partial charge is 0.494 e. The first-order valence-corrected chi connectivity index (χ1v) is 9.49. The first-order valence-electron chi connectivity index (χ1n) is 9.49. The van der Waals surface area contributed by atoms with Crippen molar-refractivity contribution < 1.29 is 22.3 Å². The number of oxazole rings is 1. The highest BCUT2D eigenvalue weighted by atomic mass is 19.4. The molecule has 0 aliphatic carbocycles. The highest BCUT2D eigenvalue weighted by molar-refractivity contribution is 5.84. The number of aromatic nitrogens is 4. The Morgan fingerprint density at radius 1 is 1.12 bits per heavy atom. The molecule has 3 aromatic heterocycles. The fourth-order valence-electron chi connectivity index (χ4n) is 3.63. The van der Waals surface area contributed by atoms with Crippen molar-refractivity contribution in [3.63, 3.8) is 0 Å². The third-order valence-corrected chi connectivity index (χ3v) is 5.04. The van der Waals surface area contributed by atoms with E-state index in [0.29, 0.717) is 15.8 Å². The minimum Gasteiger partial charge on any atom is -0.494 e. The summed E-state index contributed by atoms with van der Waals surface area (Å²) < 4.78 is 52.9. The molecule has 0 saturated carbocycles. The number of methoxy groups -OCH3 is 1. The summed E-state index contributed by atoms with van der Waals surface area (Å²) in [6.07, 6.45) is -4.85. The Hall–Kier alpha value is -4.59. The van der Waals surface area contributed by atoms with E-state index in [1.54, 1.807) is 36.4 Å². The van der Waals surface area contributed by atoms with Gasteiger partial charge in [0.15, 0.2) is 16.8 Å². The number of nitrogens with one attached hydrogen (secondary N) is 1. The topological polar surface area (TPSA) is 109 Å². The number of H-pyrrole nitrogens is 1. The average molecular weight is 451 g/mol. The van der Waals surface area contributed by atoms with Gasteiger partial charge in [-0.3, -0.25) is 4.79 Å². The molecule has 5 rings (SSSR count). The lowest BCUT2D eigenvalue weighted by molar-refractivity contribution is -0.140. The minimum atomic E-state index is -4.85. The van der Waals surface area contributed by atoms with Crippen LogP contribution in [0.25, 0.3) is 39.3 Å². The fraction of sp³-hybridized carbons (Fsp3) is 0.0909. The predicted octanol–water partition coefficient (Wildman–Crippen LogP) is 4.40. The molecule has 164 valence electrons. The van der Waals surface area contributed by atoms with Gasteiger partial charge >= 0.3 is 6.18 Å². The van der Waals surface area contributed by atoms with Crippen LogP contribution in [0.15, 0.2) is 57.7 Å². The molecule has 0 bridgehead atoms. The van der Waals surface area contributed by atoms with Crippen molar-refractivity contribution in [2.45, 2.75) is 6.18 Å².